The maximum atomic E-state index is 12.1. The lowest BCUT2D eigenvalue weighted by Gasteiger charge is -2.16. The van der Waals surface area contributed by atoms with Crippen molar-refractivity contribution in [3.63, 3.8) is 0 Å². The van der Waals surface area contributed by atoms with E-state index >= 15 is 0 Å². The summed E-state index contributed by atoms with van der Waals surface area (Å²) in [6.07, 6.45) is -1.49. The van der Waals surface area contributed by atoms with Gasteiger partial charge in [-0.1, -0.05) is 6.07 Å². The van der Waals surface area contributed by atoms with Gasteiger partial charge in [0.15, 0.2) is 11.5 Å². The first kappa shape index (κ1) is 23.9. The first-order valence-corrected chi connectivity index (χ1v) is 8.87. The highest BCUT2D eigenvalue weighted by Crippen LogP contribution is 2.29. The average molecular weight is 411 g/mol. The van der Waals surface area contributed by atoms with Crippen LogP contribution in [0.15, 0.2) is 18.2 Å². The third-order valence-electron chi connectivity index (χ3n) is 3.29. The molecule has 0 bridgehead atoms. The highest BCUT2D eigenvalue weighted by Gasteiger charge is 2.20. The Kier molecular flexibility index (Phi) is 9.60. The van der Waals surface area contributed by atoms with E-state index in [9.17, 15) is 19.2 Å². The molecule has 1 rings (SSSR count). The standard InChI is InChI=1S/C19H25NO9/c1-5-25-19(24)27-11(2)10-26-18(23)15(20)8-14-6-7-16(28-12(3)21)17(9-14)29-13(4)22/h6-7,9,11,15H,5,8,10,20H2,1-4H3/t11-,15-/m0/s1. The van der Waals surface area contributed by atoms with Crippen molar-refractivity contribution in [2.75, 3.05) is 13.2 Å². The topological polar surface area (TPSA) is 140 Å². The lowest BCUT2D eigenvalue weighted by atomic mass is 10.1. The predicted molar refractivity (Wildman–Crippen MR) is 99.3 cm³/mol. The molecule has 0 fully saturated rings. The van der Waals surface area contributed by atoms with Gasteiger partial charge in [0.2, 0.25) is 0 Å². The van der Waals surface area contributed by atoms with E-state index in [4.69, 9.17) is 24.7 Å². The number of rotatable bonds is 9. The smallest absolute Gasteiger partial charge is 0.461 e. The molecule has 29 heavy (non-hydrogen) atoms. The fraction of sp³-hybridized carbons (Fsp3) is 0.474. The van der Waals surface area contributed by atoms with Crippen LogP contribution in [-0.4, -0.2) is 49.4 Å². The van der Waals surface area contributed by atoms with Gasteiger partial charge in [-0.3, -0.25) is 14.4 Å². The molecule has 0 aliphatic heterocycles. The van der Waals surface area contributed by atoms with Crippen LogP contribution in [0, 0.1) is 0 Å². The normalized spacial score (nSPS) is 12.3. The third-order valence-corrected chi connectivity index (χ3v) is 3.29. The molecule has 10 heteroatoms. The zero-order valence-electron chi connectivity index (χ0n) is 16.8. The van der Waals surface area contributed by atoms with Crippen molar-refractivity contribution < 1.29 is 42.9 Å². The minimum Gasteiger partial charge on any atom is -0.461 e. The van der Waals surface area contributed by atoms with Gasteiger partial charge >= 0.3 is 24.1 Å². The molecule has 2 atom stereocenters. The summed E-state index contributed by atoms with van der Waals surface area (Å²) in [4.78, 5) is 45.7. The van der Waals surface area contributed by atoms with E-state index in [1.165, 1.54) is 32.9 Å². The second-order valence-corrected chi connectivity index (χ2v) is 6.02. The van der Waals surface area contributed by atoms with Gasteiger partial charge in [-0.15, -0.1) is 0 Å². The monoisotopic (exact) mass is 411 g/mol. The van der Waals surface area contributed by atoms with Crippen LogP contribution in [0.25, 0.3) is 0 Å². The maximum Gasteiger partial charge on any atom is 0.508 e. The zero-order valence-corrected chi connectivity index (χ0v) is 16.8. The predicted octanol–water partition coefficient (Wildman–Crippen LogP) is 1.51. The highest BCUT2D eigenvalue weighted by atomic mass is 16.7. The van der Waals surface area contributed by atoms with Crippen molar-refractivity contribution in [2.24, 2.45) is 5.73 Å². The van der Waals surface area contributed by atoms with Gasteiger partial charge in [-0.05, 0) is 38.0 Å². The summed E-state index contributed by atoms with van der Waals surface area (Å²) in [5, 5.41) is 0. The Hall–Kier alpha value is -3.14. The van der Waals surface area contributed by atoms with Crippen molar-refractivity contribution in [1.29, 1.82) is 0 Å². The molecule has 0 radical (unpaired) electrons. The number of carbonyl (C=O) groups excluding carboxylic acids is 4. The Balaban J connectivity index is 2.68. The van der Waals surface area contributed by atoms with Crippen LogP contribution in [0.2, 0.25) is 0 Å². The maximum absolute atomic E-state index is 12.1. The molecule has 160 valence electrons. The lowest BCUT2D eigenvalue weighted by Crippen LogP contribution is -2.36. The van der Waals surface area contributed by atoms with Crippen LogP contribution in [0.3, 0.4) is 0 Å². The molecule has 0 saturated carbocycles. The average Bonchev–Trinajstić information content (AvgIpc) is 2.61. The number of carbonyl (C=O) groups is 4. The van der Waals surface area contributed by atoms with Crippen LogP contribution < -0.4 is 15.2 Å². The largest absolute Gasteiger partial charge is 0.508 e. The fourth-order valence-electron chi connectivity index (χ4n) is 2.15. The van der Waals surface area contributed by atoms with E-state index in [1.807, 2.05) is 0 Å². The Morgan fingerprint density at radius 1 is 1.00 bits per heavy atom. The molecule has 2 N–H and O–H groups in total. The Bertz CT molecular complexity index is 747. The number of hydrogen-bond donors (Lipinski definition) is 1. The Morgan fingerprint density at radius 2 is 1.62 bits per heavy atom. The van der Waals surface area contributed by atoms with E-state index < -0.39 is 36.2 Å². The molecule has 1 aromatic rings. The summed E-state index contributed by atoms with van der Waals surface area (Å²) in [5.41, 5.74) is 6.41. The number of ether oxygens (including phenoxy) is 5. The quantitative estimate of drug-likeness (QED) is 0.469. The van der Waals surface area contributed by atoms with E-state index in [0.717, 1.165) is 0 Å². The van der Waals surface area contributed by atoms with Crippen LogP contribution >= 0.6 is 0 Å². The molecule has 0 aliphatic rings. The molecule has 0 heterocycles. The van der Waals surface area contributed by atoms with E-state index in [-0.39, 0.29) is 31.1 Å². The Labute approximate surface area is 168 Å². The van der Waals surface area contributed by atoms with E-state index in [0.29, 0.717) is 5.56 Å². The van der Waals surface area contributed by atoms with E-state index in [2.05, 4.69) is 4.74 Å². The van der Waals surface area contributed by atoms with Crippen molar-refractivity contribution in [3.05, 3.63) is 23.8 Å². The summed E-state index contributed by atoms with van der Waals surface area (Å²) < 4.78 is 24.5. The SMILES string of the molecule is CCOC(=O)O[C@@H](C)COC(=O)[C@@H](N)Cc1ccc(OC(C)=O)c(OC(C)=O)c1. The van der Waals surface area contributed by atoms with Crippen molar-refractivity contribution >= 4 is 24.1 Å². The summed E-state index contributed by atoms with van der Waals surface area (Å²) >= 11 is 0. The third kappa shape index (κ3) is 9.06. The van der Waals surface area contributed by atoms with Gasteiger partial charge in [0.25, 0.3) is 0 Å². The molecule has 10 nitrogen and oxygen atoms in total. The molecule has 0 spiro atoms. The summed E-state index contributed by atoms with van der Waals surface area (Å²) in [6, 6.07) is 3.43. The second kappa shape index (κ2) is 11.6. The van der Waals surface area contributed by atoms with Gasteiger partial charge in [0, 0.05) is 13.8 Å². The van der Waals surface area contributed by atoms with Gasteiger partial charge < -0.3 is 29.4 Å². The first-order valence-electron chi connectivity index (χ1n) is 8.87. The molecule has 1 aromatic carbocycles. The molecule has 0 aliphatic carbocycles. The van der Waals surface area contributed by atoms with Crippen molar-refractivity contribution in [3.8, 4) is 11.5 Å². The van der Waals surface area contributed by atoms with Crippen LogP contribution in [0.5, 0.6) is 11.5 Å². The second-order valence-electron chi connectivity index (χ2n) is 6.02. The van der Waals surface area contributed by atoms with E-state index in [1.54, 1.807) is 13.0 Å². The van der Waals surface area contributed by atoms with Gasteiger partial charge in [0.05, 0.1) is 6.61 Å². The summed E-state index contributed by atoms with van der Waals surface area (Å²) in [6.45, 7) is 5.57. The number of esters is 3. The summed E-state index contributed by atoms with van der Waals surface area (Å²) in [7, 11) is 0. The molecule has 0 amide bonds. The van der Waals surface area contributed by atoms with Gasteiger partial charge in [-0.25, -0.2) is 4.79 Å². The number of hydrogen-bond acceptors (Lipinski definition) is 10. The van der Waals surface area contributed by atoms with Crippen LogP contribution in [0.1, 0.15) is 33.3 Å². The van der Waals surface area contributed by atoms with Gasteiger partial charge in [0.1, 0.15) is 18.8 Å². The fourth-order valence-corrected chi connectivity index (χ4v) is 2.15. The first-order chi connectivity index (χ1) is 13.6. The number of benzene rings is 1. The number of nitrogens with two attached hydrogens (primary N) is 1. The van der Waals surface area contributed by atoms with Gasteiger partial charge in [-0.2, -0.15) is 0 Å². The molecule has 0 saturated heterocycles. The van der Waals surface area contributed by atoms with Crippen molar-refractivity contribution in [2.45, 2.75) is 46.3 Å². The molecule has 0 aromatic heterocycles. The lowest BCUT2D eigenvalue weighted by molar-refractivity contribution is -0.148. The molecular weight excluding hydrogens is 386 g/mol. The minimum atomic E-state index is -1.02. The van der Waals surface area contributed by atoms with Crippen LogP contribution in [0.4, 0.5) is 4.79 Å². The van der Waals surface area contributed by atoms with Crippen molar-refractivity contribution in [1.82, 2.24) is 0 Å². The molecular formula is C19H25NO9. The minimum absolute atomic E-state index is 0.0298. The highest BCUT2D eigenvalue weighted by molar-refractivity contribution is 5.76. The Morgan fingerprint density at radius 3 is 2.21 bits per heavy atom. The zero-order chi connectivity index (χ0) is 22.0. The summed E-state index contributed by atoms with van der Waals surface area (Å²) in [5.74, 6) is -1.79. The van der Waals surface area contributed by atoms with Crippen LogP contribution in [-0.2, 0) is 35.0 Å². The molecule has 0 unspecified atom stereocenters.